The Bertz CT molecular complexity index is 708. The molecule has 1 amide bonds. The predicted molar refractivity (Wildman–Crippen MR) is 110 cm³/mol. The third-order valence-corrected chi connectivity index (χ3v) is 5.08. The molecule has 0 fully saturated rings. The van der Waals surface area contributed by atoms with Gasteiger partial charge in [0, 0.05) is 43.5 Å². The molecule has 2 rings (SSSR count). The highest BCUT2D eigenvalue weighted by molar-refractivity contribution is 7.10. The van der Waals surface area contributed by atoms with Gasteiger partial charge >= 0.3 is 0 Å². The molecule has 6 heteroatoms. The van der Waals surface area contributed by atoms with Crippen molar-refractivity contribution >= 4 is 23.2 Å². The van der Waals surface area contributed by atoms with Crippen molar-refractivity contribution in [1.29, 1.82) is 0 Å². The molecule has 0 aliphatic heterocycles. The minimum Gasteiger partial charge on any atom is -0.357 e. The van der Waals surface area contributed by atoms with Crippen molar-refractivity contribution in [3.05, 3.63) is 57.8 Å². The van der Waals surface area contributed by atoms with Crippen molar-refractivity contribution in [2.24, 2.45) is 4.99 Å². The van der Waals surface area contributed by atoms with Crippen LogP contribution in [0.3, 0.4) is 0 Å². The molecule has 0 bridgehead atoms. The van der Waals surface area contributed by atoms with E-state index in [1.165, 1.54) is 4.88 Å². The maximum Gasteiger partial charge on any atom is 0.253 e. The van der Waals surface area contributed by atoms with Gasteiger partial charge in [-0.2, -0.15) is 0 Å². The van der Waals surface area contributed by atoms with Crippen LogP contribution in [0.5, 0.6) is 0 Å². The van der Waals surface area contributed by atoms with Gasteiger partial charge in [-0.3, -0.25) is 4.79 Å². The van der Waals surface area contributed by atoms with Crippen molar-refractivity contribution in [1.82, 2.24) is 15.5 Å². The third kappa shape index (κ3) is 5.88. The number of hydrogen-bond donors (Lipinski definition) is 2. The topological polar surface area (TPSA) is 56.7 Å². The SMILES string of the molecule is CCNC(=NCc1ccc(C(=O)N(C)C)cc1)NCC(C)c1cccs1. The van der Waals surface area contributed by atoms with Crippen LogP contribution < -0.4 is 10.6 Å². The van der Waals surface area contributed by atoms with Gasteiger partial charge in [-0.25, -0.2) is 4.99 Å². The van der Waals surface area contributed by atoms with Gasteiger partial charge in [-0.15, -0.1) is 11.3 Å². The number of guanidine groups is 1. The van der Waals surface area contributed by atoms with E-state index in [-0.39, 0.29) is 5.91 Å². The molecule has 0 spiro atoms. The predicted octanol–water partition coefficient (Wildman–Crippen LogP) is 3.31. The van der Waals surface area contributed by atoms with E-state index in [1.807, 2.05) is 24.3 Å². The van der Waals surface area contributed by atoms with Gasteiger partial charge in [0.25, 0.3) is 5.91 Å². The van der Waals surface area contributed by atoms with E-state index >= 15 is 0 Å². The lowest BCUT2D eigenvalue weighted by Crippen LogP contribution is -2.39. The zero-order valence-electron chi connectivity index (χ0n) is 16.0. The van der Waals surface area contributed by atoms with Gasteiger partial charge in [-0.05, 0) is 36.1 Å². The highest BCUT2D eigenvalue weighted by Crippen LogP contribution is 2.19. The van der Waals surface area contributed by atoms with Crippen LogP contribution in [0.2, 0.25) is 0 Å². The Morgan fingerprint density at radius 1 is 1.19 bits per heavy atom. The minimum absolute atomic E-state index is 0.0117. The number of hydrogen-bond acceptors (Lipinski definition) is 3. The zero-order valence-corrected chi connectivity index (χ0v) is 16.8. The monoisotopic (exact) mass is 372 g/mol. The second-order valence-electron chi connectivity index (χ2n) is 6.39. The average molecular weight is 373 g/mol. The first-order chi connectivity index (χ1) is 12.5. The highest BCUT2D eigenvalue weighted by Gasteiger charge is 2.08. The molecule has 1 aromatic heterocycles. The van der Waals surface area contributed by atoms with Crippen LogP contribution in [-0.4, -0.2) is 44.0 Å². The standard InChI is InChI=1S/C20H28N4OS/c1-5-21-20(22-13-15(2)18-7-6-12-26-18)23-14-16-8-10-17(11-9-16)19(25)24(3)4/h6-12,15H,5,13-14H2,1-4H3,(H2,21,22,23). The maximum atomic E-state index is 11.9. The van der Waals surface area contributed by atoms with E-state index in [0.717, 1.165) is 24.6 Å². The molecule has 0 saturated carbocycles. The molecule has 26 heavy (non-hydrogen) atoms. The number of carbonyl (C=O) groups excluding carboxylic acids is 1. The molecule has 1 unspecified atom stereocenters. The molecule has 1 heterocycles. The Hall–Kier alpha value is -2.34. The summed E-state index contributed by atoms with van der Waals surface area (Å²) in [6.07, 6.45) is 0. The van der Waals surface area contributed by atoms with Crippen LogP contribution in [0.15, 0.2) is 46.8 Å². The number of rotatable bonds is 7. The van der Waals surface area contributed by atoms with E-state index < -0.39 is 0 Å². The number of amides is 1. The Kier molecular flexibility index (Phi) is 7.66. The molecule has 0 saturated heterocycles. The molecule has 0 aliphatic carbocycles. The zero-order chi connectivity index (χ0) is 18.9. The number of nitrogens with zero attached hydrogens (tertiary/aromatic N) is 2. The quantitative estimate of drug-likeness (QED) is 0.579. The average Bonchev–Trinajstić information content (AvgIpc) is 3.18. The second-order valence-corrected chi connectivity index (χ2v) is 7.37. The summed E-state index contributed by atoms with van der Waals surface area (Å²) in [5, 5.41) is 8.79. The second kappa shape index (κ2) is 9.97. The Morgan fingerprint density at radius 3 is 2.50 bits per heavy atom. The summed E-state index contributed by atoms with van der Waals surface area (Å²) < 4.78 is 0. The highest BCUT2D eigenvalue weighted by atomic mass is 32.1. The van der Waals surface area contributed by atoms with Gasteiger partial charge in [0.05, 0.1) is 6.54 Å². The first-order valence-electron chi connectivity index (χ1n) is 8.87. The summed E-state index contributed by atoms with van der Waals surface area (Å²) in [7, 11) is 3.51. The fourth-order valence-electron chi connectivity index (χ4n) is 2.45. The van der Waals surface area contributed by atoms with Crippen molar-refractivity contribution in [3.8, 4) is 0 Å². The van der Waals surface area contributed by atoms with Crippen molar-refractivity contribution in [2.45, 2.75) is 26.3 Å². The fourth-order valence-corrected chi connectivity index (χ4v) is 3.23. The fraction of sp³-hybridized carbons (Fsp3) is 0.400. The largest absolute Gasteiger partial charge is 0.357 e. The molecule has 0 aliphatic rings. The van der Waals surface area contributed by atoms with Crippen LogP contribution in [0.1, 0.15) is 40.6 Å². The van der Waals surface area contributed by atoms with E-state index in [4.69, 9.17) is 0 Å². The number of nitrogens with one attached hydrogen (secondary N) is 2. The molecule has 2 N–H and O–H groups in total. The van der Waals surface area contributed by atoms with Gasteiger partial charge in [0.1, 0.15) is 0 Å². The van der Waals surface area contributed by atoms with Crippen molar-refractivity contribution < 1.29 is 4.79 Å². The Morgan fingerprint density at radius 2 is 1.92 bits per heavy atom. The number of benzene rings is 1. The van der Waals surface area contributed by atoms with E-state index in [1.54, 1.807) is 30.3 Å². The first-order valence-corrected chi connectivity index (χ1v) is 9.75. The molecule has 5 nitrogen and oxygen atoms in total. The maximum absolute atomic E-state index is 11.9. The Balaban J connectivity index is 1.94. The van der Waals surface area contributed by atoms with E-state index in [2.05, 4.69) is 47.0 Å². The van der Waals surface area contributed by atoms with Crippen LogP contribution in [0.25, 0.3) is 0 Å². The third-order valence-electron chi connectivity index (χ3n) is 3.98. The summed E-state index contributed by atoms with van der Waals surface area (Å²) in [6.45, 7) is 6.49. The number of carbonyl (C=O) groups is 1. The lowest BCUT2D eigenvalue weighted by molar-refractivity contribution is 0.0827. The lowest BCUT2D eigenvalue weighted by Gasteiger charge is -2.15. The smallest absolute Gasteiger partial charge is 0.253 e. The summed E-state index contributed by atoms with van der Waals surface area (Å²) >= 11 is 1.78. The Labute approximate surface area is 160 Å². The molecule has 1 aromatic carbocycles. The van der Waals surface area contributed by atoms with Crippen LogP contribution in [0, 0.1) is 0 Å². The van der Waals surface area contributed by atoms with E-state index in [9.17, 15) is 4.79 Å². The normalized spacial score (nSPS) is 12.5. The van der Waals surface area contributed by atoms with Gasteiger partial charge in [0.2, 0.25) is 0 Å². The van der Waals surface area contributed by atoms with Crippen LogP contribution in [-0.2, 0) is 6.54 Å². The van der Waals surface area contributed by atoms with Crippen LogP contribution >= 0.6 is 11.3 Å². The summed E-state index contributed by atoms with van der Waals surface area (Å²) in [4.78, 5) is 19.5. The van der Waals surface area contributed by atoms with Gasteiger partial charge < -0.3 is 15.5 Å². The summed E-state index contributed by atoms with van der Waals surface area (Å²) in [6, 6.07) is 11.9. The molecule has 1 atom stereocenters. The molecular weight excluding hydrogens is 344 g/mol. The van der Waals surface area contributed by atoms with Crippen molar-refractivity contribution in [3.63, 3.8) is 0 Å². The summed E-state index contributed by atoms with van der Waals surface area (Å²) in [5.41, 5.74) is 1.77. The van der Waals surface area contributed by atoms with Crippen molar-refractivity contribution in [2.75, 3.05) is 27.2 Å². The molecular formula is C20H28N4OS. The minimum atomic E-state index is 0.0117. The molecule has 2 aromatic rings. The molecule has 140 valence electrons. The number of aliphatic imine (C=N–C) groups is 1. The first kappa shape index (κ1) is 20.0. The molecule has 0 radical (unpaired) electrons. The van der Waals surface area contributed by atoms with Gasteiger partial charge in [-0.1, -0.05) is 25.1 Å². The summed E-state index contributed by atoms with van der Waals surface area (Å²) in [5.74, 6) is 1.26. The number of thiophene rings is 1. The van der Waals surface area contributed by atoms with Gasteiger partial charge in [0.15, 0.2) is 5.96 Å². The lowest BCUT2D eigenvalue weighted by atomic mass is 10.1. The van der Waals surface area contributed by atoms with E-state index in [0.29, 0.717) is 18.0 Å². The van der Waals surface area contributed by atoms with Crippen LogP contribution in [0.4, 0.5) is 0 Å².